The highest BCUT2D eigenvalue weighted by molar-refractivity contribution is 7.98. The van der Waals surface area contributed by atoms with E-state index in [1.807, 2.05) is 36.4 Å². The summed E-state index contributed by atoms with van der Waals surface area (Å²) >= 11 is 3.60. The molecule has 130 valence electrons. The maximum atomic E-state index is 10.1. The van der Waals surface area contributed by atoms with Crippen LogP contribution in [-0.4, -0.2) is 33.9 Å². The monoisotopic (exact) mass is 362 g/mol. The molecule has 24 heavy (non-hydrogen) atoms. The fraction of sp³-hybridized carbons (Fsp3) is 0.400. The van der Waals surface area contributed by atoms with Gasteiger partial charge in [-0.25, -0.2) is 0 Å². The Morgan fingerprint density at radius 2 is 1.00 bits per heavy atom. The Morgan fingerprint density at radius 1 is 0.625 bits per heavy atom. The molecule has 0 aliphatic rings. The van der Waals surface area contributed by atoms with Gasteiger partial charge >= 0.3 is 0 Å². The molecule has 0 radical (unpaired) electrons. The van der Waals surface area contributed by atoms with Crippen molar-refractivity contribution in [2.45, 2.75) is 36.6 Å². The molecule has 2 aromatic rings. The van der Waals surface area contributed by atoms with E-state index in [0.717, 1.165) is 23.0 Å². The Balaban J connectivity index is 1.52. The van der Waals surface area contributed by atoms with Crippen LogP contribution in [0.5, 0.6) is 0 Å². The average Bonchev–Trinajstić information content (AvgIpc) is 2.63. The summed E-state index contributed by atoms with van der Waals surface area (Å²) in [5.41, 5.74) is 2.60. The summed E-state index contributed by atoms with van der Waals surface area (Å²) < 4.78 is 0. The molecule has 2 rings (SSSR count). The molecule has 0 spiro atoms. The van der Waals surface area contributed by atoms with E-state index < -0.39 is 12.2 Å². The van der Waals surface area contributed by atoms with E-state index >= 15 is 0 Å². The molecule has 2 aromatic carbocycles. The second kappa shape index (κ2) is 11.6. The van der Waals surface area contributed by atoms with Crippen molar-refractivity contribution in [3.05, 3.63) is 71.8 Å². The molecule has 0 aromatic heterocycles. The molecule has 0 saturated heterocycles. The first-order valence-corrected chi connectivity index (χ1v) is 10.7. The second-order valence-electron chi connectivity index (χ2n) is 5.79. The lowest BCUT2D eigenvalue weighted by atomic mass is 10.1. The first kappa shape index (κ1) is 19.4. The molecular formula is C20H26O2S2. The van der Waals surface area contributed by atoms with Crippen LogP contribution in [0, 0.1) is 0 Å². The van der Waals surface area contributed by atoms with Crippen molar-refractivity contribution >= 4 is 23.5 Å². The minimum Gasteiger partial charge on any atom is -0.390 e. The number of benzene rings is 2. The lowest BCUT2D eigenvalue weighted by Crippen LogP contribution is -2.27. The standard InChI is InChI=1S/C20H26O2S2/c21-19(11-13-23-15-17-7-3-1-4-8-17)20(22)12-14-24-16-18-9-5-2-6-10-18/h1-10,19-22H,11-16H2. The first-order valence-electron chi connectivity index (χ1n) is 8.35. The van der Waals surface area contributed by atoms with Crippen LogP contribution in [-0.2, 0) is 11.5 Å². The molecule has 2 nitrogen and oxygen atoms in total. The molecule has 0 aliphatic carbocycles. The van der Waals surface area contributed by atoms with E-state index in [0.29, 0.717) is 12.8 Å². The van der Waals surface area contributed by atoms with Crippen LogP contribution < -0.4 is 0 Å². The van der Waals surface area contributed by atoms with Gasteiger partial charge < -0.3 is 10.2 Å². The number of hydrogen-bond acceptors (Lipinski definition) is 4. The largest absolute Gasteiger partial charge is 0.390 e. The quantitative estimate of drug-likeness (QED) is 0.583. The van der Waals surface area contributed by atoms with Crippen molar-refractivity contribution in [3.63, 3.8) is 0 Å². The van der Waals surface area contributed by atoms with Crippen LogP contribution in [0.15, 0.2) is 60.7 Å². The van der Waals surface area contributed by atoms with Gasteiger partial charge in [0.15, 0.2) is 0 Å². The van der Waals surface area contributed by atoms with Crippen LogP contribution in [0.25, 0.3) is 0 Å². The van der Waals surface area contributed by atoms with E-state index in [9.17, 15) is 10.2 Å². The van der Waals surface area contributed by atoms with Gasteiger partial charge in [0.05, 0.1) is 12.2 Å². The number of hydrogen-bond donors (Lipinski definition) is 2. The molecule has 0 bridgehead atoms. The van der Waals surface area contributed by atoms with Crippen molar-refractivity contribution in [2.24, 2.45) is 0 Å². The third-order valence-corrected chi connectivity index (χ3v) is 5.91. The third-order valence-electron chi connectivity index (χ3n) is 3.78. The fourth-order valence-electron chi connectivity index (χ4n) is 2.32. The summed E-state index contributed by atoms with van der Waals surface area (Å²) in [6, 6.07) is 20.7. The van der Waals surface area contributed by atoms with Crippen LogP contribution >= 0.6 is 23.5 Å². The zero-order chi connectivity index (χ0) is 17.0. The summed E-state index contributed by atoms with van der Waals surface area (Å²) in [6.45, 7) is 0. The molecule has 0 amide bonds. The van der Waals surface area contributed by atoms with Gasteiger partial charge in [-0.2, -0.15) is 23.5 Å². The van der Waals surface area contributed by atoms with Gasteiger partial charge in [-0.05, 0) is 35.5 Å². The van der Waals surface area contributed by atoms with Crippen molar-refractivity contribution < 1.29 is 10.2 Å². The fourth-order valence-corrected chi connectivity index (χ4v) is 4.28. The molecule has 4 heteroatoms. The van der Waals surface area contributed by atoms with Gasteiger partial charge in [0, 0.05) is 11.5 Å². The van der Waals surface area contributed by atoms with Crippen molar-refractivity contribution in [1.82, 2.24) is 0 Å². The molecule has 0 saturated carbocycles. The highest BCUT2D eigenvalue weighted by atomic mass is 32.2. The highest BCUT2D eigenvalue weighted by Crippen LogP contribution is 2.17. The van der Waals surface area contributed by atoms with Crippen LogP contribution in [0.3, 0.4) is 0 Å². The number of aliphatic hydroxyl groups excluding tert-OH is 2. The molecule has 2 unspecified atom stereocenters. The Labute approximate surface area is 153 Å². The normalized spacial score (nSPS) is 13.6. The van der Waals surface area contributed by atoms with Crippen molar-refractivity contribution in [1.29, 1.82) is 0 Å². The summed E-state index contributed by atoms with van der Waals surface area (Å²) in [4.78, 5) is 0. The predicted molar refractivity (Wildman–Crippen MR) is 106 cm³/mol. The number of thioether (sulfide) groups is 2. The highest BCUT2D eigenvalue weighted by Gasteiger charge is 2.15. The van der Waals surface area contributed by atoms with Gasteiger partial charge in [-0.15, -0.1) is 0 Å². The lowest BCUT2D eigenvalue weighted by molar-refractivity contribution is 0.0171. The zero-order valence-electron chi connectivity index (χ0n) is 13.9. The summed E-state index contributed by atoms with van der Waals surface area (Å²) in [5.74, 6) is 3.64. The molecular weight excluding hydrogens is 336 g/mol. The lowest BCUT2D eigenvalue weighted by Gasteiger charge is -2.17. The maximum absolute atomic E-state index is 10.1. The molecule has 0 heterocycles. The van der Waals surface area contributed by atoms with Gasteiger partial charge in [-0.3, -0.25) is 0 Å². The molecule has 0 aliphatic heterocycles. The first-order chi connectivity index (χ1) is 11.8. The third kappa shape index (κ3) is 7.75. The average molecular weight is 363 g/mol. The second-order valence-corrected chi connectivity index (χ2v) is 8.00. The number of aliphatic hydroxyl groups is 2. The Hall–Kier alpha value is -0.940. The van der Waals surface area contributed by atoms with Crippen LogP contribution in [0.4, 0.5) is 0 Å². The minimum absolute atomic E-state index is 0.620. The van der Waals surface area contributed by atoms with Gasteiger partial charge in [0.2, 0.25) is 0 Å². The van der Waals surface area contributed by atoms with E-state index in [1.165, 1.54) is 11.1 Å². The SMILES string of the molecule is OC(CCSCc1ccccc1)C(O)CCSCc1ccccc1. The number of rotatable bonds is 11. The van der Waals surface area contributed by atoms with Crippen LogP contribution in [0.1, 0.15) is 24.0 Å². The minimum atomic E-state index is -0.620. The Kier molecular flexibility index (Phi) is 9.36. The predicted octanol–water partition coefficient (Wildman–Crippen LogP) is 4.36. The Bertz CT molecular complexity index is 497. The van der Waals surface area contributed by atoms with Crippen molar-refractivity contribution in [3.8, 4) is 0 Å². The Morgan fingerprint density at radius 3 is 1.38 bits per heavy atom. The van der Waals surface area contributed by atoms with Crippen molar-refractivity contribution in [2.75, 3.05) is 11.5 Å². The maximum Gasteiger partial charge on any atom is 0.0807 e. The van der Waals surface area contributed by atoms with E-state index in [4.69, 9.17) is 0 Å². The van der Waals surface area contributed by atoms with Crippen LogP contribution in [0.2, 0.25) is 0 Å². The molecule has 0 fully saturated rings. The van der Waals surface area contributed by atoms with E-state index in [-0.39, 0.29) is 0 Å². The van der Waals surface area contributed by atoms with E-state index in [1.54, 1.807) is 23.5 Å². The summed E-state index contributed by atoms with van der Waals surface area (Å²) in [6.07, 6.45) is 0.0422. The van der Waals surface area contributed by atoms with Gasteiger partial charge in [-0.1, -0.05) is 60.7 Å². The summed E-state index contributed by atoms with van der Waals surface area (Å²) in [5, 5.41) is 20.1. The topological polar surface area (TPSA) is 40.5 Å². The van der Waals surface area contributed by atoms with Gasteiger partial charge in [0.1, 0.15) is 0 Å². The van der Waals surface area contributed by atoms with Gasteiger partial charge in [0.25, 0.3) is 0 Å². The molecule has 2 atom stereocenters. The smallest absolute Gasteiger partial charge is 0.0807 e. The van der Waals surface area contributed by atoms with E-state index in [2.05, 4.69) is 24.3 Å². The molecule has 2 N–H and O–H groups in total. The summed E-state index contributed by atoms with van der Waals surface area (Å²) in [7, 11) is 0. The zero-order valence-corrected chi connectivity index (χ0v) is 15.5.